The minimum absolute atomic E-state index is 0. The van der Waals surface area contributed by atoms with Crippen molar-refractivity contribution >= 4 is 38.9 Å². The van der Waals surface area contributed by atoms with Crippen molar-refractivity contribution in [2.75, 3.05) is 16.5 Å². The van der Waals surface area contributed by atoms with Crippen LogP contribution in [-0.2, 0) is 26.5 Å². The maximum atomic E-state index is 5.15. The topological polar surface area (TPSA) is 24.3 Å². The first-order valence-electron chi connectivity index (χ1n) is 22.4. The van der Waals surface area contributed by atoms with E-state index in [0.29, 0.717) is 11.8 Å². The Morgan fingerprint density at radius 3 is 1.81 bits per heavy atom. The number of hydrogen-bond donors (Lipinski definition) is 0. The molecule has 0 bridgehead atoms. The summed E-state index contributed by atoms with van der Waals surface area (Å²) in [6.45, 7) is 16.7. The van der Waals surface area contributed by atoms with E-state index in [1.807, 2.05) is 6.20 Å². The van der Waals surface area contributed by atoms with Crippen molar-refractivity contribution in [2.45, 2.75) is 71.3 Å². The van der Waals surface area contributed by atoms with Crippen LogP contribution in [0.25, 0.3) is 38.8 Å². The Hall–Kier alpha value is -6.22. The van der Waals surface area contributed by atoms with Gasteiger partial charge in [0, 0.05) is 22.7 Å². The second-order valence-corrected chi connectivity index (χ2v) is 18.6. The van der Waals surface area contributed by atoms with Crippen molar-refractivity contribution in [3.8, 4) is 16.9 Å². The molecule has 0 unspecified atom stereocenters. The summed E-state index contributed by atoms with van der Waals surface area (Å²) < 4.78 is 2.33. The number of nitrogens with zero attached hydrogens (tertiary/aromatic N) is 4. The van der Waals surface area contributed by atoms with E-state index >= 15 is 0 Å². The molecule has 0 aliphatic carbocycles. The molecule has 2 aromatic heterocycles. The van der Waals surface area contributed by atoms with Crippen molar-refractivity contribution in [1.29, 1.82) is 0 Å². The van der Waals surface area contributed by atoms with Gasteiger partial charge in [-0.2, -0.15) is 36.4 Å². The van der Waals surface area contributed by atoms with Crippen LogP contribution in [0.4, 0.5) is 17.1 Å². The molecular weight excluding hydrogens is 960 g/mol. The van der Waals surface area contributed by atoms with E-state index in [1.54, 1.807) is 0 Å². The van der Waals surface area contributed by atoms with E-state index in [0.717, 1.165) is 56.8 Å². The maximum Gasteiger partial charge on any atom is 2.00 e. The molecule has 320 valence electrons. The molecule has 0 spiro atoms. The summed E-state index contributed by atoms with van der Waals surface area (Å²) >= 11 is 0. The van der Waals surface area contributed by atoms with Crippen LogP contribution in [0, 0.1) is 12.1 Å². The van der Waals surface area contributed by atoms with E-state index in [9.17, 15) is 0 Å². The van der Waals surface area contributed by atoms with Crippen molar-refractivity contribution in [3.05, 3.63) is 222 Å². The monoisotopic (exact) mass is 1010 g/mol. The van der Waals surface area contributed by atoms with E-state index < -0.39 is 5.41 Å². The third-order valence-corrected chi connectivity index (χ3v) is 13.1. The van der Waals surface area contributed by atoms with Gasteiger partial charge in [-0.3, -0.25) is 0 Å². The van der Waals surface area contributed by atoms with Crippen LogP contribution in [0.5, 0.6) is 0 Å². The van der Waals surface area contributed by atoms with Crippen LogP contribution in [0.15, 0.2) is 176 Å². The number of aromatic nitrogens is 2. The molecule has 10 rings (SSSR count). The van der Waals surface area contributed by atoms with Gasteiger partial charge in [-0.1, -0.05) is 148 Å². The zero-order chi connectivity index (χ0) is 43.5. The van der Waals surface area contributed by atoms with Crippen LogP contribution in [0.3, 0.4) is 0 Å². The number of rotatable bonds is 9. The smallest absolute Gasteiger partial charge is 0.347 e. The maximum absolute atomic E-state index is 5.15. The Morgan fingerprint density at radius 1 is 0.562 bits per heavy atom. The molecule has 4 nitrogen and oxygen atoms in total. The van der Waals surface area contributed by atoms with Gasteiger partial charge in [-0.25, -0.2) is 4.98 Å². The van der Waals surface area contributed by atoms with Crippen molar-refractivity contribution in [1.82, 2.24) is 9.55 Å². The van der Waals surface area contributed by atoms with Crippen LogP contribution in [0.2, 0.25) is 0 Å². The molecule has 0 N–H and O–H groups in total. The third-order valence-electron chi connectivity index (χ3n) is 13.1. The normalized spacial score (nSPS) is 13.0. The van der Waals surface area contributed by atoms with Crippen LogP contribution in [-0.4, -0.2) is 21.8 Å². The van der Waals surface area contributed by atoms with Crippen LogP contribution < -0.4 is 9.80 Å². The molecule has 0 fully saturated rings. The molecule has 5 heteroatoms. The largest absolute Gasteiger partial charge is 2.00 e. The fraction of sp³-hybridized carbons (Fsp3) is 0.203. The molecule has 64 heavy (non-hydrogen) atoms. The molecule has 1 aliphatic rings. The van der Waals surface area contributed by atoms with Gasteiger partial charge in [0.1, 0.15) is 5.82 Å². The second kappa shape index (κ2) is 17.1. The van der Waals surface area contributed by atoms with Gasteiger partial charge in [0.2, 0.25) is 0 Å². The van der Waals surface area contributed by atoms with Gasteiger partial charge in [0.25, 0.3) is 0 Å². The Balaban J connectivity index is 0.00000518. The standard InChI is InChI=1S/C59H54N4.Pt/c1-40(2)48-27-19-28-49(41(3)4)57(48)42-34-35-60-56(36-42)63-52-29-15-14-26-50(52)51-33-32-46(38-55(51)63)59(43-20-10-8-11-21-43,44-22-12-9-13-23-44)45-24-18-25-47(37-45)61-39-62(58(5,6)7)54-31-17-16-30-53(54)61;/h8-36,40-41H,39H2,1-7H3;/q-2;+2. The average molecular weight is 1010 g/mol. The molecule has 3 heterocycles. The molecule has 0 saturated carbocycles. The zero-order valence-corrected chi connectivity index (χ0v) is 40.0. The number of benzene rings is 7. The van der Waals surface area contributed by atoms with E-state index in [4.69, 9.17) is 4.98 Å². The van der Waals surface area contributed by atoms with E-state index in [-0.39, 0.29) is 26.6 Å². The van der Waals surface area contributed by atoms with E-state index in [2.05, 4.69) is 245 Å². The number of pyridine rings is 1. The van der Waals surface area contributed by atoms with E-state index in [1.165, 1.54) is 39.0 Å². The first kappa shape index (κ1) is 43.0. The van der Waals surface area contributed by atoms with Crippen molar-refractivity contribution in [2.24, 2.45) is 0 Å². The van der Waals surface area contributed by atoms with Gasteiger partial charge in [-0.05, 0) is 102 Å². The summed E-state index contributed by atoms with van der Waals surface area (Å²) in [6, 6.07) is 70.1. The molecule has 0 saturated heterocycles. The number of para-hydroxylation sites is 3. The van der Waals surface area contributed by atoms with Crippen molar-refractivity contribution in [3.63, 3.8) is 0 Å². The summed E-state index contributed by atoms with van der Waals surface area (Å²) in [7, 11) is 0. The number of hydrogen-bond acceptors (Lipinski definition) is 3. The Kier molecular flexibility index (Phi) is 11.5. The fourth-order valence-corrected chi connectivity index (χ4v) is 10.1. The Morgan fingerprint density at radius 2 is 1.16 bits per heavy atom. The van der Waals surface area contributed by atoms with Crippen molar-refractivity contribution < 1.29 is 21.1 Å². The predicted molar refractivity (Wildman–Crippen MR) is 264 cm³/mol. The SMILES string of the molecule is CC(C)c1cccc(C(C)C)c1-c1ccnc(-n2c3[c-]c(C(c4[c-]c(N5CN(C(C)(C)C)c6ccccc65)ccc4)(c4ccccc4)c4ccccc4)ccc3c3ccccc32)c1.[Pt+2]. The zero-order valence-electron chi connectivity index (χ0n) is 37.7. The van der Waals surface area contributed by atoms with Crippen LogP contribution in [0.1, 0.15) is 93.7 Å². The Labute approximate surface area is 393 Å². The molecule has 9 aromatic rings. The first-order valence-corrected chi connectivity index (χ1v) is 22.4. The molecular formula is C59H54N4Pt. The predicted octanol–water partition coefficient (Wildman–Crippen LogP) is 14.8. The van der Waals surface area contributed by atoms with Gasteiger partial charge in [-0.15, -0.1) is 22.6 Å². The summed E-state index contributed by atoms with van der Waals surface area (Å²) in [6.07, 6.45) is 1.98. The van der Waals surface area contributed by atoms with Gasteiger partial charge in [0.15, 0.2) is 0 Å². The molecule has 0 atom stereocenters. The first-order chi connectivity index (χ1) is 30.6. The van der Waals surface area contributed by atoms with Crippen LogP contribution >= 0.6 is 0 Å². The van der Waals surface area contributed by atoms with Gasteiger partial charge < -0.3 is 14.4 Å². The fourth-order valence-electron chi connectivity index (χ4n) is 10.1. The average Bonchev–Trinajstić information content (AvgIpc) is 3.87. The minimum Gasteiger partial charge on any atom is -0.347 e. The number of fused-ring (bicyclic) bond motifs is 4. The quantitative estimate of drug-likeness (QED) is 0.106. The summed E-state index contributed by atoms with van der Waals surface area (Å²) in [5, 5.41) is 2.30. The third kappa shape index (κ3) is 7.17. The molecule has 7 aromatic carbocycles. The Bertz CT molecular complexity index is 3040. The molecule has 1 aliphatic heterocycles. The second-order valence-electron chi connectivity index (χ2n) is 18.6. The summed E-state index contributed by atoms with van der Waals surface area (Å²) in [5.74, 6) is 1.61. The summed E-state index contributed by atoms with van der Waals surface area (Å²) in [5.41, 5.74) is 14.3. The molecule has 0 amide bonds. The minimum atomic E-state index is -0.783. The van der Waals surface area contributed by atoms with Gasteiger partial charge in [0.05, 0.1) is 18.0 Å². The number of anilines is 3. The molecule has 0 radical (unpaired) electrons. The summed E-state index contributed by atoms with van der Waals surface area (Å²) in [4.78, 5) is 10.0. The van der Waals surface area contributed by atoms with Gasteiger partial charge >= 0.3 is 21.1 Å².